The minimum absolute atomic E-state index is 0. The van der Waals surface area contributed by atoms with Gasteiger partial charge in [-0.15, -0.1) is 24.0 Å². The van der Waals surface area contributed by atoms with Crippen LogP contribution in [0.4, 0.5) is 0 Å². The fourth-order valence-corrected chi connectivity index (χ4v) is 3.05. The Morgan fingerprint density at radius 2 is 1.86 bits per heavy atom. The van der Waals surface area contributed by atoms with Gasteiger partial charge >= 0.3 is 0 Å². The molecule has 0 bridgehead atoms. The molecule has 0 aromatic heterocycles. The standard InChI is InChI=1S/C16H32N4O.HI/c1-4-17-15(18-13-16(21)6-5-7-16)20-10-8-19(9-11-20)12-14(2)3;/h14,21H,4-13H2,1-3H3,(H,17,18);1H. The Morgan fingerprint density at radius 1 is 1.23 bits per heavy atom. The summed E-state index contributed by atoms with van der Waals surface area (Å²) in [7, 11) is 0. The van der Waals surface area contributed by atoms with Crippen LogP contribution in [0.3, 0.4) is 0 Å². The van der Waals surface area contributed by atoms with Gasteiger partial charge in [0.05, 0.1) is 12.1 Å². The van der Waals surface area contributed by atoms with E-state index < -0.39 is 5.60 Å². The summed E-state index contributed by atoms with van der Waals surface area (Å²) in [6, 6.07) is 0. The minimum atomic E-state index is -0.528. The monoisotopic (exact) mass is 424 g/mol. The average Bonchev–Trinajstić information content (AvgIpc) is 2.42. The summed E-state index contributed by atoms with van der Waals surface area (Å²) in [5.74, 6) is 1.70. The molecule has 22 heavy (non-hydrogen) atoms. The van der Waals surface area contributed by atoms with Gasteiger partial charge in [-0.05, 0) is 32.1 Å². The van der Waals surface area contributed by atoms with Gasteiger partial charge in [-0.25, -0.2) is 0 Å². The Labute approximate surface area is 152 Å². The van der Waals surface area contributed by atoms with E-state index in [9.17, 15) is 5.11 Å². The maximum Gasteiger partial charge on any atom is 0.194 e. The molecule has 2 N–H and O–H groups in total. The van der Waals surface area contributed by atoms with Gasteiger partial charge in [-0.2, -0.15) is 0 Å². The molecule has 1 aliphatic carbocycles. The Hall–Kier alpha value is -0.0800. The number of aliphatic hydroxyl groups is 1. The zero-order chi connectivity index (χ0) is 15.3. The molecule has 0 spiro atoms. The minimum Gasteiger partial charge on any atom is -0.388 e. The summed E-state index contributed by atoms with van der Waals surface area (Å²) >= 11 is 0. The smallest absolute Gasteiger partial charge is 0.194 e. The number of nitrogens with one attached hydrogen (secondary N) is 1. The molecule has 2 fully saturated rings. The molecular weight excluding hydrogens is 391 g/mol. The van der Waals surface area contributed by atoms with E-state index in [1.165, 1.54) is 6.54 Å². The molecule has 0 aromatic carbocycles. The molecule has 0 amide bonds. The molecule has 1 saturated heterocycles. The van der Waals surface area contributed by atoms with Crippen LogP contribution in [0.2, 0.25) is 0 Å². The first-order valence-electron chi connectivity index (χ1n) is 8.50. The summed E-state index contributed by atoms with van der Waals surface area (Å²) in [5, 5.41) is 13.6. The van der Waals surface area contributed by atoms with E-state index in [0.29, 0.717) is 6.54 Å². The second-order valence-electron chi connectivity index (χ2n) is 6.93. The van der Waals surface area contributed by atoms with E-state index in [1.54, 1.807) is 0 Å². The van der Waals surface area contributed by atoms with E-state index in [0.717, 1.165) is 63.9 Å². The maximum atomic E-state index is 10.2. The molecule has 1 aliphatic heterocycles. The van der Waals surface area contributed by atoms with Crippen LogP contribution >= 0.6 is 24.0 Å². The first-order chi connectivity index (χ1) is 10.0. The topological polar surface area (TPSA) is 51.1 Å². The van der Waals surface area contributed by atoms with Crippen LogP contribution in [0.25, 0.3) is 0 Å². The molecule has 130 valence electrons. The number of rotatable bonds is 5. The van der Waals surface area contributed by atoms with Gasteiger partial charge in [0.1, 0.15) is 0 Å². The molecule has 2 aliphatic rings. The van der Waals surface area contributed by atoms with Gasteiger partial charge in [0.25, 0.3) is 0 Å². The second-order valence-corrected chi connectivity index (χ2v) is 6.93. The largest absolute Gasteiger partial charge is 0.388 e. The summed E-state index contributed by atoms with van der Waals surface area (Å²) < 4.78 is 0. The molecule has 0 atom stereocenters. The van der Waals surface area contributed by atoms with Crippen molar-refractivity contribution >= 4 is 29.9 Å². The van der Waals surface area contributed by atoms with Crippen LogP contribution in [0.1, 0.15) is 40.0 Å². The number of aliphatic imine (C=N–C) groups is 1. The highest BCUT2D eigenvalue weighted by Gasteiger charge is 2.34. The highest BCUT2D eigenvalue weighted by molar-refractivity contribution is 14.0. The number of nitrogens with zero attached hydrogens (tertiary/aromatic N) is 3. The van der Waals surface area contributed by atoms with Crippen LogP contribution in [0.15, 0.2) is 4.99 Å². The summed E-state index contributed by atoms with van der Waals surface area (Å²) in [5.41, 5.74) is -0.528. The SMILES string of the molecule is CCNC(=NCC1(O)CCC1)N1CCN(CC(C)C)CC1.I. The predicted octanol–water partition coefficient (Wildman–Crippen LogP) is 1.76. The maximum absolute atomic E-state index is 10.2. The van der Waals surface area contributed by atoms with Gasteiger partial charge in [-0.1, -0.05) is 13.8 Å². The molecule has 0 radical (unpaired) electrons. The average molecular weight is 424 g/mol. The lowest BCUT2D eigenvalue weighted by Crippen LogP contribution is -2.53. The van der Waals surface area contributed by atoms with Crippen molar-refractivity contribution in [3.05, 3.63) is 0 Å². The lowest BCUT2D eigenvalue weighted by atomic mass is 9.80. The van der Waals surface area contributed by atoms with Crippen molar-refractivity contribution in [3.63, 3.8) is 0 Å². The van der Waals surface area contributed by atoms with Crippen molar-refractivity contribution < 1.29 is 5.11 Å². The first kappa shape index (κ1) is 20.0. The molecule has 2 rings (SSSR count). The Morgan fingerprint density at radius 3 is 2.32 bits per heavy atom. The van der Waals surface area contributed by atoms with Gasteiger partial charge in [0.15, 0.2) is 5.96 Å². The van der Waals surface area contributed by atoms with Crippen molar-refractivity contribution in [2.24, 2.45) is 10.9 Å². The van der Waals surface area contributed by atoms with E-state index >= 15 is 0 Å². The first-order valence-corrected chi connectivity index (χ1v) is 8.50. The van der Waals surface area contributed by atoms with Crippen LogP contribution < -0.4 is 5.32 Å². The summed E-state index contributed by atoms with van der Waals surface area (Å²) in [6.45, 7) is 13.5. The van der Waals surface area contributed by atoms with Crippen molar-refractivity contribution in [2.45, 2.75) is 45.6 Å². The van der Waals surface area contributed by atoms with E-state index in [-0.39, 0.29) is 24.0 Å². The fraction of sp³-hybridized carbons (Fsp3) is 0.938. The van der Waals surface area contributed by atoms with E-state index in [1.807, 2.05) is 0 Å². The van der Waals surface area contributed by atoms with E-state index in [2.05, 4.69) is 40.9 Å². The Kier molecular flexibility index (Phi) is 8.42. The summed E-state index contributed by atoms with van der Waals surface area (Å²) in [4.78, 5) is 9.55. The van der Waals surface area contributed by atoms with Crippen LogP contribution in [-0.4, -0.2) is 72.3 Å². The molecule has 1 heterocycles. The molecule has 5 nitrogen and oxygen atoms in total. The van der Waals surface area contributed by atoms with Gasteiger partial charge in [-0.3, -0.25) is 9.89 Å². The lowest BCUT2D eigenvalue weighted by molar-refractivity contribution is -0.0238. The third kappa shape index (κ3) is 5.85. The van der Waals surface area contributed by atoms with Crippen LogP contribution in [-0.2, 0) is 0 Å². The highest BCUT2D eigenvalue weighted by Crippen LogP contribution is 2.31. The number of hydrogen-bond acceptors (Lipinski definition) is 3. The predicted molar refractivity (Wildman–Crippen MR) is 103 cm³/mol. The summed E-state index contributed by atoms with van der Waals surface area (Å²) in [6.07, 6.45) is 2.94. The third-order valence-corrected chi connectivity index (χ3v) is 4.44. The van der Waals surface area contributed by atoms with Crippen LogP contribution in [0.5, 0.6) is 0 Å². The zero-order valence-electron chi connectivity index (χ0n) is 14.3. The molecule has 1 saturated carbocycles. The quantitative estimate of drug-likeness (QED) is 0.401. The van der Waals surface area contributed by atoms with Crippen LogP contribution in [0, 0.1) is 5.92 Å². The number of piperazine rings is 1. The van der Waals surface area contributed by atoms with Gasteiger partial charge < -0.3 is 15.3 Å². The van der Waals surface area contributed by atoms with Gasteiger partial charge in [0, 0.05) is 39.3 Å². The van der Waals surface area contributed by atoms with Crippen molar-refractivity contribution in [3.8, 4) is 0 Å². The number of halogens is 1. The molecule has 6 heteroatoms. The van der Waals surface area contributed by atoms with Gasteiger partial charge in [0.2, 0.25) is 0 Å². The highest BCUT2D eigenvalue weighted by atomic mass is 127. The number of guanidine groups is 1. The second kappa shape index (κ2) is 9.27. The molecule has 0 unspecified atom stereocenters. The Bertz CT molecular complexity index is 350. The Balaban J connectivity index is 0.00000242. The lowest BCUT2D eigenvalue weighted by Gasteiger charge is -2.38. The zero-order valence-corrected chi connectivity index (χ0v) is 16.7. The molecular formula is C16H33IN4O. The van der Waals surface area contributed by atoms with Crippen molar-refractivity contribution in [1.29, 1.82) is 0 Å². The van der Waals surface area contributed by atoms with E-state index in [4.69, 9.17) is 0 Å². The fourth-order valence-electron chi connectivity index (χ4n) is 3.05. The molecule has 0 aromatic rings. The van der Waals surface area contributed by atoms with Crippen molar-refractivity contribution in [2.75, 3.05) is 45.8 Å². The third-order valence-electron chi connectivity index (χ3n) is 4.44. The van der Waals surface area contributed by atoms with Crippen molar-refractivity contribution in [1.82, 2.24) is 15.1 Å². The number of hydrogen-bond donors (Lipinski definition) is 2. The normalized spacial score (nSPS) is 22.2.